The smallest absolute Gasteiger partial charge is 0.305 e. The number of hydrogen-bond donors (Lipinski definition) is 2. The molecular formula is C28H19BrFN3O5S2. The molecule has 3 heterocycles. The van der Waals surface area contributed by atoms with E-state index >= 15 is 0 Å². The molecule has 3 aromatic carbocycles. The van der Waals surface area contributed by atoms with Gasteiger partial charge in [-0.3, -0.25) is 19.2 Å². The van der Waals surface area contributed by atoms with E-state index in [0.29, 0.717) is 27.0 Å². The number of hydrogen-bond acceptors (Lipinski definition) is 7. The lowest BCUT2D eigenvalue weighted by molar-refractivity contribution is -0.122. The summed E-state index contributed by atoms with van der Waals surface area (Å²) in [5.74, 6) is -2.25. The second-order valence-corrected chi connectivity index (χ2v) is 12.2. The zero-order valence-corrected chi connectivity index (χ0v) is 23.6. The molecule has 0 spiro atoms. The fraction of sp³-hybridized carbons (Fsp3) is 0.143. The SMILES string of the molecule is O=C(COc1ccc([C@@H]2c3sc(=O)[nH]c3S[C@H]3C(=O)N(c4ccc(Br)cc4)C(=O)[C@@H]23)cc1)Nc1ccc(F)cc1. The van der Waals surface area contributed by atoms with Crippen molar-refractivity contribution in [3.05, 3.63) is 103 Å². The standard InChI is InChI=1S/C28H19BrFN3O5S2/c29-15-3-9-18(10-4-15)33-26(35)22-21(23-25(32-28(37)40-23)39-24(22)27(33)36)14-1-11-19(12-2-14)38-13-20(34)31-17-7-5-16(30)6-8-17/h1-12,21-22,24H,13H2,(H,31,34)(H,32,37)/t21-,22-,24+/m0/s1. The minimum Gasteiger partial charge on any atom is -0.484 e. The Labute approximate surface area is 243 Å². The van der Waals surface area contributed by atoms with Crippen molar-refractivity contribution in [3.8, 4) is 5.75 Å². The molecule has 0 saturated carbocycles. The second-order valence-electron chi connectivity index (χ2n) is 9.15. The number of nitrogens with one attached hydrogen (secondary N) is 2. The molecule has 2 aliphatic rings. The van der Waals surface area contributed by atoms with Crippen LogP contribution in [0, 0.1) is 11.7 Å². The van der Waals surface area contributed by atoms with Crippen molar-refractivity contribution in [2.24, 2.45) is 5.92 Å². The van der Waals surface area contributed by atoms with Crippen molar-refractivity contribution in [2.45, 2.75) is 16.2 Å². The average molecular weight is 641 g/mol. The van der Waals surface area contributed by atoms with Gasteiger partial charge in [0.05, 0.1) is 16.6 Å². The Balaban J connectivity index is 1.24. The van der Waals surface area contributed by atoms with E-state index in [9.17, 15) is 23.6 Å². The maximum Gasteiger partial charge on any atom is 0.305 e. The summed E-state index contributed by atoms with van der Waals surface area (Å²) in [5, 5.41) is 2.53. The van der Waals surface area contributed by atoms with Crippen molar-refractivity contribution < 1.29 is 23.5 Å². The van der Waals surface area contributed by atoms with Crippen LogP contribution in [-0.2, 0) is 14.4 Å². The lowest BCUT2D eigenvalue weighted by Crippen LogP contribution is -2.32. The number of aromatic nitrogens is 1. The van der Waals surface area contributed by atoms with Gasteiger partial charge in [-0.25, -0.2) is 9.29 Å². The first-order chi connectivity index (χ1) is 19.3. The molecule has 3 atom stereocenters. The summed E-state index contributed by atoms with van der Waals surface area (Å²) < 4.78 is 19.5. The molecule has 6 rings (SSSR count). The molecule has 4 aromatic rings. The fourth-order valence-electron chi connectivity index (χ4n) is 4.87. The number of anilines is 2. The third kappa shape index (κ3) is 4.98. The number of benzene rings is 3. The highest BCUT2D eigenvalue weighted by Crippen LogP contribution is 2.53. The third-order valence-electron chi connectivity index (χ3n) is 6.65. The average Bonchev–Trinajstić information content (AvgIpc) is 3.44. The van der Waals surface area contributed by atoms with Crippen molar-refractivity contribution in [2.75, 3.05) is 16.8 Å². The number of halogens is 2. The van der Waals surface area contributed by atoms with Crippen molar-refractivity contribution >= 4 is 68.1 Å². The van der Waals surface area contributed by atoms with Gasteiger partial charge in [-0.2, -0.15) is 0 Å². The van der Waals surface area contributed by atoms with Gasteiger partial charge in [-0.15, -0.1) is 0 Å². The first-order valence-corrected chi connectivity index (χ1v) is 14.6. The van der Waals surface area contributed by atoms with Crippen LogP contribution in [0.15, 0.2) is 87.1 Å². The molecule has 0 radical (unpaired) electrons. The number of carbonyl (C=O) groups excluding carboxylic acids is 3. The number of thiazole rings is 1. The minimum atomic E-state index is -0.701. The molecule has 40 heavy (non-hydrogen) atoms. The van der Waals surface area contributed by atoms with Crippen LogP contribution in [0.3, 0.4) is 0 Å². The number of carbonyl (C=O) groups is 3. The Hall–Kier alpha value is -3.74. The van der Waals surface area contributed by atoms with Gasteiger partial charge < -0.3 is 15.0 Å². The van der Waals surface area contributed by atoms with Crippen LogP contribution in [0.5, 0.6) is 5.75 Å². The molecule has 0 unspecified atom stereocenters. The van der Waals surface area contributed by atoms with Gasteiger partial charge >= 0.3 is 4.87 Å². The van der Waals surface area contributed by atoms with E-state index in [-0.39, 0.29) is 23.3 Å². The maximum absolute atomic E-state index is 13.8. The van der Waals surface area contributed by atoms with Gasteiger partial charge in [0.25, 0.3) is 5.91 Å². The molecule has 2 aliphatic heterocycles. The number of imide groups is 1. The van der Waals surface area contributed by atoms with Gasteiger partial charge in [-0.05, 0) is 66.2 Å². The van der Waals surface area contributed by atoms with Gasteiger partial charge in [0.15, 0.2) is 6.61 Å². The normalized spacial score (nSPS) is 19.8. The highest BCUT2D eigenvalue weighted by atomic mass is 79.9. The maximum atomic E-state index is 13.8. The number of ether oxygens (including phenoxy) is 1. The van der Waals surface area contributed by atoms with Crippen LogP contribution in [0.1, 0.15) is 16.4 Å². The molecule has 1 saturated heterocycles. The quantitative estimate of drug-likeness (QED) is 0.283. The summed E-state index contributed by atoms with van der Waals surface area (Å²) in [5.41, 5.74) is 1.68. The molecule has 202 valence electrons. The monoisotopic (exact) mass is 639 g/mol. The Bertz CT molecular complexity index is 1670. The summed E-state index contributed by atoms with van der Waals surface area (Å²) in [6.45, 7) is -0.264. The number of rotatable bonds is 6. The molecule has 0 bridgehead atoms. The Morgan fingerprint density at radius 2 is 1.68 bits per heavy atom. The number of nitrogens with zero attached hydrogens (tertiary/aromatic N) is 1. The Morgan fingerprint density at radius 3 is 2.38 bits per heavy atom. The number of thioether (sulfide) groups is 1. The van der Waals surface area contributed by atoms with E-state index in [2.05, 4.69) is 26.2 Å². The molecule has 8 nitrogen and oxygen atoms in total. The van der Waals surface area contributed by atoms with Crippen molar-refractivity contribution in [1.29, 1.82) is 0 Å². The molecule has 1 aromatic heterocycles. The van der Waals surface area contributed by atoms with Gasteiger partial charge in [-0.1, -0.05) is 51.2 Å². The van der Waals surface area contributed by atoms with E-state index in [1.54, 1.807) is 48.5 Å². The van der Waals surface area contributed by atoms with E-state index < -0.39 is 28.8 Å². The number of H-pyrrole nitrogens is 1. The Morgan fingerprint density at radius 1 is 0.975 bits per heavy atom. The summed E-state index contributed by atoms with van der Waals surface area (Å²) in [6, 6.07) is 19.3. The predicted octanol–water partition coefficient (Wildman–Crippen LogP) is 5.15. The Kier molecular flexibility index (Phi) is 7.07. The highest BCUT2D eigenvalue weighted by Gasteiger charge is 2.56. The van der Waals surface area contributed by atoms with Crippen molar-refractivity contribution in [3.63, 3.8) is 0 Å². The van der Waals surface area contributed by atoms with Crippen LogP contribution < -0.4 is 19.8 Å². The molecule has 2 N–H and O–H groups in total. The van der Waals surface area contributed by atoms with Gasteiger partial charge in [0, 0.05) is 21.0 Å². The van der Waals surface area contributed by atoms with E-state index in [1.807, 2.05) is 0 Å². The first-order valence-electron chi connectivity index (χ1n) is 12.1. The van der Waals surface area contributed by atoms with Crippen LogP contribution in [0.25, 0.3) is 0 Å². The summed E-state index contributed by atoms with van der Waals surface area (Å²) in [7, 11) is 0. The predicted molar refractivity (Wildman–Crippen MR) is 154 cm³/mol. The number of fused-ring (bicyclic) bond motifs is 2. The van der Waals surface area contributed by atoms with E-state index in [4.69, 9.17) is 4.74 Å². The minimum absolute atomic E-state index is 0.251. The van der Waals surface area contributed by atoms with Crippen LogP contribution >= 0.6 is 39.0 Å². The zero-order chi connectivity index (χ0) is 28.0. The topological polar surface area (TPSA) is 109 Å². The lowest BCUT2D eigenvalue weighted by atomic mass is 9.83. The molecule has 3 amide bonds. The van der Waals surface area contributed by atoms with Gasteiger partial charge in [0.2, 0.25) is 11.8 Å². The zero-order valence-electron chi connectivity index (χ0n) is 20.4. The highest BCUT2D eigenvalue weighted by molar-refractivity contribution is 9.10. The molecule has 1 fully saturated rings. The van der Waals surface area contributed by atoms with Gasteiger partial charge in [0.1, 0.15) is 16.8 Å². The second kappa shape index (κ2) is 10.7. The van der Waals surface area contributed by atoms with Crippen LogP contribution in [0.2, 0.25) is 0 Å². The molecule has 12 heteroatoms. The largest absolute Gasteiger partial charge is 0.484 e. The van der Waals surface area contributed by atoms with E-state index in [1.165, 1.54) is 40.9 Å². The van der Waals surface area contributed by atoms with E-state index in [0.717, 1.165) is 21.4 Å². The third-order valence-corrected chi connectivity index (χ3v) is 9.58. The molecular weight excluding hydrogens is 621 g/mol. The fourth-order valence-corrected chi connectivity index (χ4v) is 7.65. The number of aromatic amines is 1. The van der Waals surface area contributed by atoms with Crippen LogP contribution in [0.4, 0.5) is 15.8 Å². The summed E-state index contributed by atoms with van der Waals surface area (Å²) in [6.07, 6.45) is 0. The number of amides is 3. The molecule has 0 aliphatic carbocycles. The first kappa shape index (κ1) is 26.5. The van der Waals surface area contributed by atoms with Crippen LogP contribution in [-0.4, -0.2) is 34.6 Å². The van der Waals surface area contributed by atoms with Crippen molar-refractivity contribution in [1.82, 2.24) is 4.98 Å². The summed E-state index contributed by atoms with van der Waals surface area (Å²) >= 11 is 5.64. The lowest BCUT2D eigenvalue weighted by Gasteiger charge is -2.29. The summed E-state index contributed by atoms with van der Waals surface area (Å²) in [4.78, 5) is 56.3.